The first-order valence-electron chi connectivity index (χ1n) is 6.51. The van der Waals surface area contributed by atoms with E-state index < -0.39 is 11.0 Å². The van der Waals surface area contributed by atoms with Crippen molar-refractivity contribution in [2.24, 2.45) is 0 Å². The Kier molecular flexibility index (Phi) is 4.02. The Morgan fingerprint density at radius 3 is 2.75 bits per heavy atom. The van der Waals surface area contributed by atoms with Gasteiger partial charge in [-0.1, -0.05) is 25.5 Å². The van der Waals surface area contributed by atoms with Gasteiger partial charge >= 0.3 is 6.03 Å². The zero-order valence-electron chi connectivity index (χ0n) is 11.5. The van der Waals surface area contributed by atoms with Crippen LogP contribution in [0.3, 0.4) is 0 Å². The number of para-hydroxylation sites is 1. The maximum absolute atomic E-state index is 11.8. The van der Waals surface area contributed by atoms with E-state index in [1.54, 1.807) is 31.4 Å². The Balaban J connectivity index is 2.47. The second-order valence-electron chi connectivity index (χ2n) is 4.76. The Morgan fingerprint density at radius 1 is 1.40 bits per heavy atom. The highest BCUT2D eigenvalue weighted by Gasteiger charge is 2.30. The molecule has 1 heterocycles. The van der Waals surface area contributed by atoms with E-state index in [9.17, 15) is 14.9 Å². The number of nitro benzene ring substituents is 1. The number of carbonyl (C=O) groups is 1. The van der Waals surface area contributed by atoms with Gasteiger partial charge in [0, 0.05) is 19.3 Å². The van der Waals surface area contributed by atoms with Crippen molar-refractivity contribution in [3.63, 3.8) is 0 Å². The monoisotopic (exact) mass is 275 g/mol. The molecule has 0 fully saturated rings. The molecule has 2 amide bonds. The lowest BCUT2D eigenvalue weighted by molar-refractivity contribution is -0.385. The van der Waals surface area contributed by atoms with E-state index in [2.05, 4.69) is 5.32 Å². The van der Waals surface area contributed by atoms with Crippen LogP contribution in [0, 0.1) is 10.1 Å². The molecule has 1 aromatic rings. The fourth-order valence-electron chi connectivity index (χ4n) is 2.37. The van der Waals surface area contributed by atoms with Crippen molar-refractivity contribution >= 4 is 11.7 Å². The van der Waals surface area contributed by atoms with E-state index in [-0.39, 0.29) is 11.7 Å². The smallest absolute Gasteiger partial charge is 0.321 e. The molecule has 1 atom stereocenters. The van der Waals surface area contributed by atoms with Gasteiger partial charge < -0.3 is 10.2 Å². The van der Waals surface area contributed by atoms with E-state index in [1.807, 2.05) is 6.92 Å². The maximum atomic E-state index is 11.8. The van der Waals surface area contributed by atoms with Crippen molar-refractivity contribution in [2.45, 2.75) is 25.8 Å². The number of hydrogen-bond acceptors (Lipinski definition) is 3. The van der Waals surface area contributed by atoms with Gasteiger partial charge in [0.2, 0.25) is 0 Å². The Labute approximate surface area is 117 Å². The summed E-state index contributed by atoms with van der Waals surface area (Å²) in [5.74, 6) is 0. The van der Waals surface area contributed by atoms with Crippen LogP contribution in [0.15, 0.2) is 36.0 Å². The number of rotatable bonds is 4. The molecule has 0 saturated carbocycles. The molecule has 1 aliphatic heterocycles. The average molecular weight is 275 g/mol. The zero-order valence-corrected chi connectivity index (χ0v) is 11.5. The number of amides is 2. The average Bonchev–Trinajstić information content (AvgIpc) is 2.43. The Hall–Kier alpha value is -2.37. The highest BCUT2D eigenvalue weighted by atomic mass is 16.6. The van der Waals surface area contributed by atoms with Gasteiger partial charge in [0.1, 0.15) is 0 Å². The molecular weight excluding hydrogens is 258 g/mol. The molecule has 1 aromatic carbocycles. The predicted octanol–water partition coefficient (Wildman–Crippen LogP) is 2.97. The summed E-state index contributed by atoms with van der Waals surface area (Å²) < 4.78 is 0. The van der Waals surface area contributed by atoms with Gasteiger partial charge in [-0.25, -0.2) is 4.79 Å². The summed E-state index contributed by atoms with van der Waals surface area (Å²) >= 11 is 0. The minimum atomic E-state index is -0.430. The third-order valence-electron chi connectivity index (χ3n) is 3.30. The lowest BCUT2D eigenvalue weighted by Crippen LogP contribution is -2.42. The van der Waals surface area contributed by atoms with Crippen LogP contribution in [0.2, 0.25) is 0 Å². The van der Waals surface area contributed by atoms with Crippen LogP contribution in [0.4, 0.5) is 10.5 Å². The number of nitrogens with one attached hydrogen (secondary N) is 1. The van der Waals surface area contributed by atoms with Crippen molar-refractivity contribution < 1.29 is 9.72 Å². The third kappa shape index (κ3) is 2.64. The van der Waals surface area contributed by atoms with E-state index in [1.165, 1.54) is 11.0 Å². The summed E-state index contributed by atoms with van der Waals surface area (Å²) in [4.78, 5) is 24.0. The quantitative estimate of drug-likeness (QED) is 0.678. The van der Waals surface area contributed by atoms with Gasteiger partial charge in [0.25, 0.3) is 5.69 Å². The normalized spacial score (nSPS) is 18.5. The second-order valence-corrected chi connectivity index (χ2v) is 4.76. The maximum Gasteiger partial charge on any atom is 0.321 e. The summed E-state index contributed by atoms with van der Waals surface area (Å²) in [7, 11) is 1.67. The molecule has 6 heteroatoms. The fraction of sp³-hybridized carbons (Fsp3) is 0.357. The summed E-state index contributed by atoms with van der Waals surface area (Å²) in [5, 5.41) is 14.0. The lowest BCUT2D eigenvalue weighted by atomic mass is 9.93. The molecule has 106 valence electrons. The zero-order chi connectivity index (χ0) is 14.7. The summed E-state index contributed by atoms with van der Waals surface area (Å²) in [6.45, 7) is 2.04. The molecule has 20 heavy (non-hydrogen) atoms. The van der Waals surface area contributed by atoms with Crippen LogP contribution < -0.4 is 5.32 Å². The first-order chi connectivity index (χ1) is 9.54. The minimum absolute atomic E-state index is 0.0318. The van der Waals surface area contributed by atoms with Crippen LogP contribution in [-0.2, 0) is 0 Å². The van der Waals surface area contributed by atoms with E-state index in [0.29, 0.717) is 5.56 Å². The van der Waals surface area contributed by atoms with Gasteiger partial charge in [-0.3, -0.25) is 10.1 Å². The van der Waals surface area contributed by atoms with Gasteiger partial charge in [0.05, 0.1) is 16.5 Å². The second kappa shape index (κ2) is 5.73. The van der Waals surface area contributed by atoms with Crippen molar-refractivity contribution in [3.8, 4) is 0 Å². The number of hydrogen-bond donors (Lipinski definition) is 1. The summed E-state index contributed by atoms with van der Waals surface area (Å²) in [6, 6.07) is 5.84. The molecule has 0 aromatic heterocycles. The first kappa shape index (κ1) is 14.0. The Bertz CT molecular complexity index is 569. The number of nitro groups is 1. The van der Waals surface area contributed by atoms with Crippen LogP contribution in [-0.4, -0.2) is 22.9 Å². The third-order valence-corrected chi connectivity index (χ3v) is 3.30. The molecule has 0 radical (unpaired) electrons. The van der Waals surface area contributed by atoms with Crippen molar-refractivity contribution in [1.82, 2.24) is 10.2 Å². The number of benzene rings is 1. The minimum Gasteiger partial charge on any atom is -0.327 e. The van der Waals surface area contributed by atoms with Crippen molar-refractivity contribution in [1.29, 1.82) is 0 Å². The number of nitrogens with zero attached hydrogens (tertiary/aromatic N) is 2. The van der Waals surface area contributed by atoms with Gasteiger partial charge in [-0.2, -0.15) is 0 Å². The molecule has 2 rings (SSSR count). The first-order valence-corrected chi connectivity index (χ1v) is 6.51. The largest absolute Gasteiger partial charge is 0.327 e. The van der Waals surface area contributed by atoms with E-state index in [4.69, 9.17) is 0 Å². The molecule has 0 bridgehead atoms. The topological polar surface area (TPSA) is 75.5 Å². The standard InChI is InChI=1S/C14H17N3O3/c1-3-6-10-9-16(2)14(18)15-13(10)11-7-4-5-8-12(11)17(19)20/h4-5,7-9,13H,3,6H2,1-2H3,(H,15,18). The van der Waals surface area contributed by atoms with Crippen LogP contribution in [0.1, 0.15) is 31.4 Å². The fourth-order valence-corrected chi connectivity index (χ4v) is 2.37. The van der Waals surface area contributed by atoms with Gasteiger partial charge in [0.15, 0.2) is 0 Å². The molecule has 1 unspecified atom stereocenters. The molecule has 0 spiro atoms. The highest BCUT2D eigenvalue weighted by Crippen LogP contribution is 2.33. The highest BCUT2D eigenvalue weighted by molar-refractivity contribution is 5.78. The van der Waals surface area contributed by atoms with Crippen LogP contribution in [0.25, 0.3) is 0 Å². The molecule has 0 aliphatic carbocycles. The lowest BCUT2D eigenvalue weighted by Gasteiger charge is -2.30. The van der Waals surface area contributed by atoms with Crippen molar-refractivity contribution in [2.75, 3.05) is 7.05 Å². The number of urea groups is 1. The number of carbonyl (C=O) groups excluding carboxylic acids is 1. The molecule has 1 aliphatic rings. The van der Waals surface area contributed by atoms with E-state index in [0.717, 1.165) is 18.4 Å². The molecule has 1 N–H and O–H groups in total. The van der Waals surface area contributed by atoms with Crippen LogP contribution in [0.5, 0.6) is 0 Å². The van der Waals surface area contributed by atoms with Crippen LogP contribution >= 0.6 is 0 Å². The van der Waals surface area contributed by atoms with E-state index >= 15 is 0 Å². The summed E-state index contributed by atoms with van der Waals surface area (Å²) in [6.07, 6.45) is 3.46. The Morgan fingerprint density at radius 2 is 2.10 bits per heavy atom. The van der Waals surface area contributed by atoms with Crippen molar-refractivity contribution in [3.05, 3.63) is 51.7 Å². The van der Waals surface area contributed by atoms with Gasteiger partial charge in [-0.15, -0.1) is 0 Å². The van der Waals surface area contributed by atoms with Gasteiger partial charge in [-0.05, 0) is 18.1 Å². The molecule has 0 saturated heterocycles. The predicted molar refractivity (Wildman–Crippen MR) is 75.1 cm³/mol. The summed E-state index contributed by atoms with van der Waals surface area (Å²) in [5.41, 5.74) is 1.53. The SMILES string of the molecule is CCCC1=CN(C)C(=O)NC1c1ccccc1[N+](=O)[O-]. The molecule has 6 nitrogen and oxygen atoms in total. The molecular formula is C14H17N3O3.